The summed E-state index contributed by atoms with van der Waals surface area (Å²) in [5, 5.41) is 1.70. The molecule has 1 aliphatic heterocycles. The van der Waals surface area contributed by atoms with Gasteiger partial charge < -0.3 is 0 Å². The van der Waals surface area contributed by atoms with Crippen molar-refractivity contribution in [3.63, 3.8) is 0 Å². The first-order valence-corrected chi connectivity index (χ1v) is 8.09. The van der Waals surface area contributed by atoms with Gasteiger partial charge in [0.2, 0.25) is 0 Å². The van der Waals surface area contributed by atoms with Crippen LogP contribution in [0, 0.1) is 0 Å². The fourth-order valence-corrected chi connectivity index (χ4v) is 3.49. The molecule has 3 nitrogen and oxygen atoms in total. The summed E-state index contributed by atoms with van der Waals surface area (Å²) in [5.41, 5.74) is 3.36. The van der Waals surface area contributed by atoms with Crippen LogP contribution in [0.3, 0.4) is 0 Å². The van der Waals surface area contributed by atoms with Gasteiger partial charge in [-0.25, -0.2) is 0 Å². The van der Waals surface area contributed by atoms with E-state index in [1.165, 1.54) is 4.90 Å². The van der Waals surface area contributed by atoms with E-state index in [-0.39, 0.29) is 11.8 Å². The molecular weight excluding hydrogens is 298 g/mol. The molecule has 118 valence electrons. The lowest BCUT2D eigenvalue weighted by Crippen LogP contribution is -2.41. The molecule has 2 aliphatic rings. The number of hydrogen-bond donors (Lipinski definition) is 0. The molecule has 1 heterocycles. The third kappa shape index (κ3) is 2.21. The largest absolute Gasteiger partial charge is 0.270 e. The van der Waals surface area contributed by atoms with Crippen molar-refractivity contribution in [1.29, 1.82) is 0 Å². The van der Waals surface area contributed by atoms with Crippen LogP contribution in [0.15, 0.2) is 72.4 Å². The maximum atomic E-state index is 12.9. The first-order valence-electron chi connectivity index (χ1n) is 8.09. The summed E-state index contributed by atoms with van der Waals surface area (Å²) >= 11 is 0. The summed E-state index contributed by atoms with van der Waals surface area (Å²) in [7, 11) is 0. The van der Waals surface area contributed by atoms with Gasteiger partial charge in [0.15, 0.2) is 0 Å². The number of rotatable bonds is 3. The van der Waals surface area contributed by atoms with Crippen LogP contribution in [-0.4, -0.2) is 23.3 Å². The molecule has 0 radical (unpaired) electrons. The lowest BCUT2D eigenvalue weighted by Gasteiger charge is -2.28. The first-order chi connectivity index (χ1) is 11.7. The third-order valence-corrected chi connectivity index (χ3v) is 4.67. The van der Waals surface area contributed by atoms with Gasteiger partial charge >= 0.3 is 0 Å². The molecule has 24 heavy (non-hydrogen) atoms. The summed E-state index contributed by atoms with van der Waals surface area (Å²) < 4.78 is 0. The van der Waals surface area contributed by atoms with E-state index in [2.05, 4.69) is 12.7 Å². The van der Waals surface area contributed by atoms with Crippen molar-refractivity contribution >= 4 is 22.6 Å². The number of nitrogens with zero attached hydrogens (tertiary/aromatic N) is 1. The van der Waals surface area contributed by atoms with E-state index in [1.54, 1.807) is 18.2 Å². The Balaban J connectivity index is 1.76. The molecule has 0 saturated heterocycles. The van der Waals surface area contributed by atoms with E-state index in [0.29, 0.717) is 17.7 Å². The lowest BCUT2D eigenvalue weighted by molar-refractivity contribution is 0.0623. The second-order valence-corrected chi connectivity index (χ2v) is 6.16. The molecule has 0 fully saturated rings. The molecule has 4 rings (SSSR count). The van der Waals surface area contributed by atoms with E-state index in [9.17, 15) is 9.59 Å². The lowest BCUT2D eigenvalue weighted by atomic mass is 9.93. The maximum absolute atomic E-state index is 12.9. The Bertz CT molecular complexity index is 899. The SMILES string of the molecule is C=CC1=CCCC(CN2C(=O)c3cccc4cccc(c34)C2=O)=C1. The Morgan fingerprint density at radius 2 is 1.71 bits per heavy atom. The number of allylic oxidation sites excluding steroid dienone is 4. The van der Waals surface area contributed by atoms with Gasteiger partial charge in [-0.05, 0) is 41.5 Å². The van der Waals surface area contributed by atoms with E-state index in [1.807, 2.05) is 30.3 Å². The highest BCUT2D eigenvalue weighted by Crippen LogP contribution is 2.31. The highest BCUT2D eigenvalue weighted by molar-refractivity contribution is 6.25. The van der Waals surface area contributed by atoms with Crippen molar-refractivity contribution < 1.29 is 9.59 Å². The zero-order valence-corrected chi connectivity index (χ0v) is 13.3. The molecule has 2 aromatic rings. The van der Waals surface area contributed by atoms with Gasteiger partial charge in [-0.15, -0.1) is 0 Å². The van der Waals surface area contributed by atoms with Crippen LogP contribution in [0.2, 0.25) is 0 Å². The summed E-state index contributed by atoms with van der Waals surface area (Å²) in [4.78, 5) is 27.1. The van der Waals surface area contributed by atoms with Crippen molar-refractivity contribution in [2.24, 2.45) is 0 Å². The van der Waals surface area contributed by atoms with E-state index < -0.39 is 0 Å². The Kier molecular flexibility index (Phi) is 3.42. The summed E-state index contributed by atoms with van der Waals surface area (Å²) in [5.74, 6) is -0.417. The molecule has 0 aromatic heterocycles. The Morgan fingerprint density at radius 1 is 1.04 bits per heavy atom. The summed E-state index contributed by atoms with van der Waals surface area (Å²) in [6, 6.07) is 11.2. The first kappa shape index (κ1) is 14.6. The molecule has 2 aromatic carbocycles. The van der Waals surface area contributed by atoms with Crippen molar-refractivity contribution in [3.05, 3.63) is 83.5 Å². The van der Waals surface area contributed by atoms with Crippen molar-refractivity contribution in [2.75, 3.05) is 6.54 Å². The third-order valence-electron chi connectivity index (χ3n) is 4.67. The van der Waals surface area contributed by atoms with Crippen molar-refractivity contribution in [2.45, 2.75) is 12.8 Å². The van der Waals surface area contributed by atoms with Gasteiger partial charge in [-0.2, -0.15) is 0 Å². The number of hydrogen-bond acceptors (Lipinski definition) is 2. The fourth-order valence-electron chi connectivity index (χ4n) is 3.49. The van der Waals surface area contributed by atoms with Crippen molar-refractivity contribution in [1.82, 2.24) is 4.90 Å². The molecule has 0 bridgehead atoms. The minimum absolute atomic E-state index is 0.208. The normalized spacial score (nSPS) is 16.9. The quantitative estimate of drug-likeness (QED) is 0.793. The van der Waals surface area contributed by atoms with E-state index in [0.717, 1.165) is 34.8 Å². The minimum Gasteiger partial charge on any atom is -0.270 e. The zero-order chi connectivity index (χ0) is 16.7. The average molecular weight is 315 g/mol. The average Bonchev–Trinajstić information content (AvgIpc) is 2.63. The number of imide groups is 1. The molecule has 0 unspecified atom stereocenters. The number of carbonyl (C=O) groups is 2. The standard InChI is InChI=1S/C21H17NO2/c1-2-14-6-3-7-15(12-14)13-22-20(23)17-10-4-8-16-9-5-11-18(19(16)17)21(22)24/h2,4-6,8-12H,1,3,7,13H2. The minimum atomic E-state index is -0.208. The fraction of sp³-hybridized carbons (Fsp3) is 0.143. The van der Waals surface area contributed by atoms with Crippen LogP contribution in [0.5, 0.6) is 0 Å². The topological polar surface area (TPSA) is 37.4 Å². The van der Waals surface area contributed by atoms with Crippen LogP contribution >= 0.6 is 0 Å². The number of amides is 2. The highest BCUT2D eigenvalue weighted by Gasteiger charge is 2.32. The van der Waals surface area contributed by atoms with Gasteiger partial charge in [0.25, 0.3) is 11.8 Å². The van der Waals surface area contributed by atoms with E-state index >= 15 is 0 Å². The van der Waals surface area contributed by atoms with Gasteiger partial charge in [-0.1, -0.05) is 49.1 Å². The smallest absolute Gasteiger partial charge is 0.261 e. The second kappa shape index (κ2) is 5.60. The maximum Gasteiger partial charge on any atom is 0.261 e. The predicted octanol–water partition coefficient (Wildman–Crippen LogP) is 4.27. The molecule has 0 spiro atoms. The van der Waals surface area contributed by atoms with Crippen LogP contribution in [-0.2, 0) is 0 Å². The highest BCUT2D eigenvalue weighted by atomic mass is 16.2. The predicted molar refractivity (Wildman–Crippen MR) is 94.9 cm³/mol. The summed E-state index contributed by atoms with van der Waals surface area (Å²) in [6.45, 7) is 4.13. The van der Waals surface area contributed by atoms with Crippen LogP contribution in [0.4, 0.5) is 0 Å². The number of benzene rings is 2. The second-order valence-electron chi connectivity index (χ2n) is 6.16. The summed E-state index contributed by atoms with van der Waals surface area (Å²) in [6.07, 6.45) is 7.72. The molecule has 0 atom stereocenters. The Hall–Kier alpha value is -2.94. The van der Waals surface area contributed by atoms with Gasteiger partial charge in [0.1, 0.15) is 0 Å². The molecule has 0 N–H and O–H groups in total. The Morgan fingerprint density at radius 3 is 2.33 bits per heavy atom. The van der Waals surface area contributed by atoms with E-state index in [4.69, 9.17) is 0 Å². The van der Waals surface area contributed by atoms with Crippen LogP contribution < -0.4 is 0 Å². The Labute approximate surface area is 140 Å². The van der Waals surface area contributed by atoms with Gasteiger partial charge in [0, 0.05) is 16.5 Å². The molecule has 0 saturated carbocycles. The van der Waals surface area contributed by atoms with Crippen molar-refractivity contribution in [3.8, 4) is 0 Å². The number of carbonyl (C=O) groups excluding carboxylic acids is 2. The van der Waals surface area contributed by atoms with Gasteiger partial charge in [0.05, 0.1) is 6.54 Å². The molecule has 1 aliphatic carbocycles. The molecule has 2 amide bonds. The molecular formula is C21H17NO2. The monoisotopic (exact) mass is 315 g/mol. The van der Waals surface area contributed by atoms with Crippen LogP contribution in [0.25, 0.3) is 10.8 Å². The van der Waals surface area contributed by atoms with Gasteiger partial charge in [-0.3, -0.25) is 14.5 Å². The molecule has 3 heteroatoms. The van der Waals surface area contributed by atoms with Crippen LogP contribution in [0.1, 0.15) is 33.6 Å². The zero-order valence-electron chi connectivity index (χ0n) is 13.3.